The van der Waals surface area contributed by atoms with Crippen molar-refractivity contribution in [3.63, 3.8) is 0 Å². The average molecular weight is 197 g/mol. The lowest BCUT2D eigenvalue weighted by molar-refractivity contribution is 0.474. The van der Waals surface area contributed by atoms with Crippen LogP contribution in [0.4, 0.5) is 4.39 Å². The molecule has 2 heterocycles. The molecule has 0 saturated carbocycles. The van der Waals surface area contributed by atoms with E-state index in [1.165, 1.54) is 12.8 Å². The standard InChI is InChI=1S/C10H16FN3/c1-7-9(6-11)14-10(13-7)5-8-3-2-4-12-8/h8,12H,2-6H2,1H3,(H,13,14). The number of halogens is 1. The fourth-order valence-electron chi connectivity index (χ4n) is 1.95. The first-order chi connectivity index (χ1) is 6.79. The normalized spacial score (nSPS) is 21.7. The van der Waals surface area contributed by atoms with E-state index in [1.807, 2.05) is 6.92 Å². The predicted molar refractivity (Wildman–Crippen MR) is 52.9 cm³/mol. The first-order valence-electron chi connectivity index (χ1n) is 5.13. The zero-order valence-corrected chi connectivity index (χ0v) is 8.44. The Kier molecular flexibility index (Phi) is 2.82. The number of aryl methyl sites for hydroxylation is 1. The quantitative estimate of drug-likeness (QED) is 0.770. The van der Waals surface area contributed by atoms with E-state index in [1.54, 1.807) is 0 Å². The molecule has 0 radical (unpaired) electrons. The van der Waals surface area contributed by atoms with Gasteiger partial charge in [-0.1, -0.05) is 0 Å². The van der Waals surface area contributed by atoms with Crippen molar-refractivity contribution in [2.75, 3.05) is 6.54 Å². The van der Waals surface area contributed by atoms with Crippen molar-refractivity contribution in [1.29, 1.82) is 0 Å². The van der Waals surface area contributed by atoms with Crippen molar-refractivity contribution < 1.29 is 4.39 Å². The first kappa shape index (κ1) is 9.65. The van der Waals surface area contributed by atoms with Crippen LogP contribution in [0.1, 0.15) is 30.1 Å². The van der Waals surface area contributed by atoms with E-state index in [0.717, 1.165) is 24.5 Å². The van der Waals surface area contributed by atoms with E-state index in [0.29, 0.717) is 11.7 Å². The van der Waals surface area contributed by atoms with Crippen LogP contribution >= 0.6 is 0 Å². The van der Waals surface area contributed by atoms with Crippen LogP contribution < -0.4 is 5.32 Å². The lowest BCUT2D eigenvalue weighted by Gasteiger charge is -2.06. The number of hydrogen-bond acceptors (Lipinski definition) is 2. The Morgan fingerprint density at radius 1 is 1.57 bits per heavy atom. The third-order valence-corrected chi connectivity index (χ3v) is 2.76. The Morgan fingerprint density at radius 3 is 3.00 bits per heavy atom. The largest absolute Gasteiger partial charge is 0.346 e. The van der Waals surface area contributed by atoms with E-state index in [2.05, 4.69) is 15.3 Å². The Bertz CT molecular complexity index is 302. The maximum absolute atomic E-state index is 12.4. The smallest absolute Gasteiger partial charge is 0.133 e. The summed E-state index contributed by atoms with van der Waals surface area (Å²) in [5.41, 5.74) is 1.42. The topological polar surface area (TPSA) is 40.7 Å². The second kappa shape index (κ2) is 4.09. The summed E-state index contributed by atoms with van der Waals surface area (Å²) in [5.74, 6) is 0.912. The Balaban J connectivity index is 2.01. The van der Waals surface area contributed by atoms with E-state index in [4.69, 9.17) is 0 Å². The van der Waals surface area contributed by atoms with Crippen molar-refractivity contribution in [2.24, 2.45) is 0 Å². The molecule has 78 valence electrons. The molecule has 1 atom stereocenters. The number of aromatic nitrogens is 2. The molecule has 1 aliphatic heterocycles. The van der Waals surface area contributed by atoms with Crippen molar-refractivity contribution in [3.05, 3.63) is 17.2 Å². The van der Waals surface area contributed by atoms with Gasteiger partial charge < -0.3 is 10.3 Å². The zero-order chi connectivity index (χ0) is 9.97. The predicted octanol–water partition coefficient (Wildman–Crippen LogP) is 1.48. The van der Waals surface area contributed by atoms with E-state index in [9.17, 15) is 4.39 Å². The number of aromatic amines is 1. The van der Waals surface area contributed by atoms with Crippen LogP contribution in [0.15, 0.2) is 0 Å². The first-order valence-corrected chi connectivity index (χ1v) is 5.13. The zero-order valence-electron chi connectivity index (χ0n) is 8.44. The van der Waals surface area contributed by atoms with Gasteiger partial charge >= 0.3 is 0 Å². The van der Waals surface area contributed by atoms with E-state index < -0.39 is 6.67 Å². The van der Waals surface area contributed by atoms with Crippen LogP contribution in [0.2, 0.25) is 0 Å². The van der Waals surface area contributed by atoms with Crippen LogP contribution in [0, 0.1) is 6.92 Å². The second-order valence-corrected chi connectivity index (χ2v) is 3.89. The number of imidazole rings is 1. The van der Waals surface area contributed by atoms with E-state index in [-0.39, 0.29) is 0 Å². The summed E-state index contributed by atoms with van der Waals surface area (Å²) in [5, 5.41) is 3.40. The highest BCUT2D eigenvalue weighted by atomic mass is 19.1. The molecular weight excluding hydrogens is 181 g/mol. The van der Waals surface area contributed by atoms with Gasteiger partial charge in [-0.15, -0.1) is 0 Å². The number of nitrogens with one attached hydrogen (secondary N) is 2. The van der Waals surface area contributed by atoms with Gasteiger partial charge in [0.15, 0.2) is 0 Å². The molecular formula is C10H16FN3. The van der Waals surface area contributed by atoms with Crippen molar-refractivity contribution in [1.82, 2.24) is 15.3 Å². The summed E-state index contributed by atoms with van der Waals surface area (Å²) in [6, 6.07) is 0.521. The van der Waals surface area contributed by atoms with Crippen LogP contribution in [0.5, 0.6) is 0 Å². The van der Waals surface area contributed by atoms with Crippen LogP contribution in [-0.4, -0.2) is 22.6 Å². The lowest BCUT2D eigenvalue weighted by atomic mass is 10.1. The number of H-pyrrole nitrogens is 1. The van der Waals surface area contributed by atoms with Crippen LogP contribution in [-0.2, 0) is 13.1 Å². The Labute approximate surface area is 83.1 Å². The van der Waals surface area contributed by atoms with Crippen LogP contribution in [0.25, 0.3) is 0 Å². The second-order valence-electron chi connectivity index (χ2n) is 3.89. The molecule has 1 aliphatic rings. The molecule has 1 aromatic heterocycles. The van der Waals surface area contributed by atoms with Crippen molar-refractivity contribution >= 4 is 0 Å². The van der Waals surface area contributed by atoms with Gasteiger partial charge in [0.25, 0.3) is 0 Å². The molecule has 0 spiro atoms. The number of rotatable bonds is 3. The number of hydrogen-bond donors (Lipinski definition) is 2. The van der Waals surface area contributed by atoms with Gasteiger partial charge in [-0.25, -0.2) is 9.37 Å². The highest BCUT2D eigenvalue weighted by molar-refractivity contribution is 5.12. The maximum Gasteiger partial charge on any atom is 0.133 e. The lowest BCUT2D eigenvalue weighted by Crippen LogP contribution is -2.24. The van der Waals surface area contributed by atoms with Crippen LogP contribution in [0.3, 0.4) is 0 Å². The summed E-state index contributed by atoms with van der Waals surface area (Å²) < 4.78 is 12.4. The summed E-state index contributed by atoms with van der Waals surface area (Å²) >= 11 is 0. The average Bonchev–Trinajstić information content (AvgIpc) is 2.76. The summed E-state index contributed by atoms with van der Waals surface area (Å²) in [7, 11) is 0. The molecule has 1 fully saturated rings. The minimum absolute atomic E-state index is 0.472. The molecule has 0 aliphatic carbocycles. The van der Waals surface area contributed by atoms with Crippen molar-refractivity contribution in [2.45, 2.75) is 38.9 Å². The Hall–Kier alpha value is -0.900. The summed E-state index contributed by atoms with van der Waals surface area (Å²) in [4.78, 5) is 7.35. The van der Waals surface area contributed by atoms with E-state index >= 15 is 0 Å². The SMILES string of the molecule is Cc1[nH]c(CC2CCCN2)nc1CF. The van der Waals surface area contributed by atoms with Gasteiger partial charge in [-0.3, -0.25) is 0 Å². The third-order valence-electron chi connectivity index (χ3n) is 2.76. The molecule has 0 aromatic carbocycles. The molecule has 2 N–H and O–H groups in total. The fourth-order valence-corrected chi connectivity index (χ4v) is 1.95. The van der Waals surface area contributed by atoms with Crippen molar-refractivity contribution in [3.8, 4) is 0 Å². The molecule has 0 amide bonds. The molecule has 14 heavy (non-hydrogen) atoms. The van der Waals surface area contributed by atoms with Gasteiger partial charge in [-0.2, -0.15) is 0 Å². The monoisotopic (exact) mass is 197 g/mol. The van der Waals surface area contributed by atoms with Gasteiger partial charge in [-0.05, 0) is 26.3 Å². The molecule has 3 nitrogen and oxygen atoms in total. The molecule has 0 bridgehead atoms. The number of nitrogens with zero attached hydrogens (tertiary/aromatic N) is 1. The van der Waals surface area contributed by atoms with Gasteiger partial charge in [0.05, 0.1) is 5.69 Å². The minimum Gasteiger partial charge on any atom is -0.346 e. The maximum atomic E-state index is 12.4. The molecule has 1 aromatic rings. The number of alkyl halides is 1. The molecule has 2 rings (SSSR count). The third kappa shape index (κ3) is 1.95. The molecule has 4 heteroatoms. The molecule has 1 unspecified atom stereocenters. The summed E-state index contributed by atoms with van der Waals surface area (Å²) in [6.45, 7) is 2.49. The van der Waals surface area contributed by atoms with Gasteiger partial charge in [0, 0.05) is 18.2 Å². The van der Waals surface area contributed by atoms with Gasteiger partial charge in [0.2, 0.25) is 0 Å². The summed E-state index contributed by atoms with van der Waals surface area (Å²) in [6.07, 6.45) is 3.33. The fraction of sp³-hybridized carbons (Fsp3) is 0.700. The highest BCUT2D eigenvalue weighted by Crippen LogP contribution is 2.12. The highest BCUT2D eigenvalue weighted by Gasteiger charge is 2.16. The minimum atomic E-state index is -0.472. The Morgan fingerprint density at radius 2 is 2.43 bits per heavy atom. The van der Waals surface area contributed by atoms with Gasteiger partial charge in [0.1, 0.15) is 12.5 Å². The molecule has 1 saturated heterocycles.